The summed E-state index contributed by atoms with van der Waals surface area (Å²) in [4.78, 5) is 12.6. The molecule has 1 rings (SSSR count). The summed E-state index contributed by atoms with van der Waals surface area (Å²) in [5.74, 6) is -0.288. The van der Waals surface area contributed by atoms with E-state index in [2.05, 4.69) is 25.7 Å². The molecule has 4 nitrogen and oxygen atoms in total. The largest absolute Gasteiger partial charge is 0.481 e. The third-order valence-corrected chi connectivity index (χ3v) is 3.38. The molecule has 0 aromatic heterocycles. The van der Waals surface area contributed by atoms with Crippen molar-refractivity contribution in [3.8, 4) is 0 Å². The molecule has 1 aliphatic rings. The van der Waals surface area contributed by atoms with Crippen LogP contribution < -0.4 is 0 Å². The van der Waals surface area contributed by atoms with E-state index in [-0.39, 0.29) is 6.42 Å². The van der Waals surface area contributed by atoms with Crippen molar-refractivity contribution in [2.24, 2.45) is 11.3 Å². The molecule has 0 aromatic carbocycles. The Kier molecular flexibility index (Phi) is 4.33. The first-order valence-corrected chi connectivity index (χ1v) is 5.91. The molecule has 0 aromatic rings. The number of carbonyl (C=O) groups is 1. The average Bonchev–Trinajstić information content (AvgIpc) is 2.49. The van der Waals surface area contributed by atoms with Gasteiger partial charge in [-0.25, -0.2) is 0 Å². The van der Waals surface area contributed by atoms with Gasteiger partial charge in [-0.1, -0.05) is 20.8 Å². The van der Waals surface area contributed by atoms with Crippen LogP contribution in [0.25, 0.3) is 0 Å². The van der Waals surface area contributed by atoms with E-state index in [1.165, 1.54) is 0 Å². The van der Waals surface area contributed by atoms with E-state index in [1.807, 2.05) is 0 Å². The number of carboxylic acid groups (broad SMARTS) is 1. The number of aliphatic hydroxyl groups excluding tert-OH is 1. The lowest BCUT2D eigenvalue weighted by atomic mass is 9.80. The monoisotopic (exact) mass is 229 g/mol. The van der Waals surface area contributed by atoms with Crippen molar-refractivity contribution in [3.63, 3.8) is 0 Å². The molecule has 2 atom stereocenters. The molecular weight excluding hydrogens is 206 g/mol. The highest BCUT2D eigenvalue weighted by molar-refractivity contribution is 5.67. The van der Waals surface area contributed by atoms with E-state index >= 15 is 0 Å². The molecular formula is C12H23NO3. The highest BCUT2D eigenvalue weighted by Crippen LogP contribution is 2.33. The van der Waals surface area contributed by atoms with Crippen molar-refractivity contribution in [3.05, 3.63) is 0 Å². The molecule has 1 fully saturated rings. The summed E-state index contributed by atoms with van der Waals surface area (Å²) in [6.45, 7) is 9.12. The topological polar surface area (TPSA) is 60.8 Å². The van der Waals surface area contributed by atoms with Crippen LogP contribution >= 0.6 is 0 Å². The molecule has 1 saturated heterocycles. The van der Waals surface area contributed by atoms with Gasteiger partial charge in [0.15, 0.2) is 0 Å². The Labute approximate surface area is 97.3 Å². The standard InChI is InChI=1S/C12H23NO3/c1-12(2,3)9-4-5-13(7-9)8-10(14)6-11(15)16/h9-10,14H,4-8H2,1-3H3,(H,15,16). The Hall–Kier alpha value is -0.610. The Morgan fingerprint density at radius 3 is 2.56 bits per heavy atom. The van der Waals surface area contributed by atoms with E-state index in [4.69, 9.17) is 5.11 Å². The Morgan fingerprint density at radius 1 is 1.50 bits per heavy atom. The molecule has 4 heteroatoms. The highest BCUT2D eigenvalue weighted by atomic mass is 16.4. The minimum absolute atomic E-state index is 0.156. The fourth-order valence-corrected chi connectivity index (χ4v) is 2.27. The molecule has 1 heterocycles. The number of hydrogen-bond donors (Lipinski definition) is 2. The van der Waals surface area contributed by atoms with Gasteiger partial charge >= 0.3 is 5.97 Å². The normalized spacial score (nSPS) is 24.6. The molecule has 1 aliphatic heterocycles. The van der Waals surface area contributed by atoms with Crippen LogP contribution in [-0.4, -0.2) is 46.8 Å². The lowest BCUT2D eigenvalue weighted by Crippen LogP contribution is -2.33. The van der Waals surface area contributed by atoms with Gasteiger partial charge in [-0.3, -0.25) is 4.79 Å². The van der Waals surface area contributed by atoms with Crippen LogP contribution in [0.15, 0.2) is 0 Å². The third-order valence-electron chi connectivity index (χ3n) is 3.38. The lowest BCUT2D eigenvalue weighted by Gasteiger charge is -2.27. The molecule has 0 spiro atoms. The second-order valence-corrected chi connectivity index (χ2v) is 5.86. The summed E-state index contributed by atoms with van der Waals surface area (Å²) in [6.07, 6.45) is 0.246. The van der Waals surface area contributed by atoms with Crippen molar-refractivity contribution >= 4 is 5.97 Å². The van der Waals surface area contributed by atoms with Crippen LogP contribution in [0.1, 0.15) is 33.6 Å². The maximum atomic E-state index is 10.4. The van der Waals surface area contributed by atoms with Gasteiger partial charge in [0.05, 0.1) is 12.5 Å². The van der Waals surface area contributed by atoms with Crippen molar-refractivity contribution < 1.29 is 15.0 Å². The predicted molar refractivity (Wildman–Crippen MR) is 62.3 cm³/mol. The van der Waals surface area contributed by atoms with E-state index in [0.717, 1.165) is 19.5 Å². The van der Waals surface area contributed by atoms with Gasteiger partial charge in [-0.2, -0.15) is 0 Å². The Morgan fingerprint density at radius 2 is 2.12 bits per heavy atom. The summed E-state index contributed by atoms with van der Waals surface area (Å²) in [7, 11) is 0. The molecule has 94 valence electrons. The smallest absolute Gasteiger partial charge is 0.306 e. The molecule has 0 bridgehead atoms. The maximum Gasteiger partial charge on any atom is 0.306 e. The predicted octanol–water partition coefficient (Wildman–Crippen LogP) is 1.19. The van der Waals surface area contributed by atoms with Crippen LogP contribution in [0.5, 0.6) is 0 Å². The number of carboxylic acids is 1. The minimum Gasteiger partial charge on any atom is -0.481 e. The highest BCUT2D eigenvalue weighted by Gasteiger charge is 2.32. The van der Waals surface area contributed by atoms with E-state index in [9.17, 15) is 9.90 Å². The van der Waals surface area contributed by atoms with Gasteiger partial charge in [-0.15, -0.1) is 0 Å². The summed E-state index contributed by atoms with van der Waals surface area (Å²) in [6, 6.07) is 0. The first-order valence-electron chi connectivity index (χ1n) is 5.91. The fourth-order valence-electron chi connectivity index (χ4n) is 2.27. The molecule has 2 N–H and O–H groups in total. The SMILES string of the molecule is CC(C)(C)C1CCN(CC(O)CC(=O)O)C1. The van der Waals surface area contributed by atoms with E-state index < -0.39 is 12.1 Å². The molecule has 0 saturated carbocycles. The number of hydrogen-bond acceptors (Lipinski definition) is 3. The van der Waals surface area contributed by atoms with Gasteiger partial charge < -0.3 is 15.1 Å². The number of aliphatic hydroxyl groups is 1. The van der Waals surface area contributed by atoms with Crippen LogP contribution in [0.2, 0.25) is 0 Å². The van der Waals surface area contributed by atoms with Crippen molar-refractivity contribution in [1.82, 2.24) is 4.90 Å². The summed E-state index contributed by atoms with van der Waals surface area (Å²) in [5, 5.41) is 18.1. The van der Waals surface area contributed by atoms with Gasteiger partial charge in [0.2, 0.25) is 0 Å². The number of likely N-dealkylation sites (tertiary alicyclic amines) is 1. The second-order valence-electron chi connectivity index (χ2n) is 5.86. The fraction of sp³-hybridized carbons (Fsp3) is 0.917. The first kappa shape index (κ1) is 13.5. The summed E-state index contributed by atoms with van der Waals surface area (Å²) >= 11 is 0. The van der Waals surface area contributed by atoms with Crippen LogP contribution in [0.3, 0.4) is 0 Å². The second kappa shape index (κ2) is 5.15. The Balaban J connectivity index is 2.34. The maximum absolute atomic E-state index is 10.4. The summed E-state index contributed by atoms with van der Waals surface area (Å²) in [5.41, 5.74) is 0.298. The number of nitrogens with zero attached hydrogens (tertiary/aromatic N) is 1. The quantitative estimate of drug-likeness (QED) is 0.760. The van der Waals surface area contributed by atoms with Gasteiger partial charge in [0.1, 0.15) is 0 Å². The molecule has 0 aliphatic carbocycles. The number of rotatable bonds is 4. The first-order chi connectivity index (χ1) is 7.29. The molecule has 16 heavy (non-hydrogen) atoms. The Bertz CT molecular complexity index is 247. The van der Waals surface area contributed by atoms with Crippen molar-refractivity contribution in [2.75, 3.05) is 19.6 Å². The molecule has 2 unspecified atom stereocenters. The zero-order valence-corrected chi connectivity index (χ0v) is 10.4. The van der Waals surface area contributed by atoms with Crippen LogP contribution in [0.4, 0.5) is 0 Å². The average molecular weight is 229 g/mol. The summed E-state index contributed by atoms with van der Waals surface area (Å²) < 4.78 is 0. The molecule has 0 radical (unpaired) electrons. The van der Waals surface area contributed by atoms with Crippen molar-refractivity contribution in [1.29, 1.82) is 0 Å². The lowest BCUT2D eigenvalue weighted by molar-refractivity contribution is -0.139. The van der Waals surface area contributed by atoms with Crippen LogP contribution in [0, 0.1) is 11.3 Å². The van der Waals surface area contributed by atoms with Crippen LogP contribution in [-0.2, 0) is 4.79 Å². The number of aliphatic carboxylic acids is 1. The zero-order valence-electron chi connectivity index (χ0n) is 10.4. The van der Waals surface area contributed by atoms with E-state index in [1.54, 1.807) is 0 Å². The zero-order chi connectivity index (χ0) is 12.3. The van der Waals surface area contributed by atoms with E-state index in [0.29, 0.717) is 17.9 Å². The van der Waals surface area contributed by atoms with Gasteiger partial charge in [-0.05, 0) is 24.3 Å². The van der Waals surface area contributed by atoms with Crippen molar-refractivity contribution in [2.45, 2.75) is 39.7 Å². The van der Waals surface area contributed by atoms with Gasteiger partial charge in [0.25, 0.3) is 0 Å². The molecule has 0 amide bonds. The van der Waals surface area contributed by atoms with Gasteiger partial charge in [0, 0.05) is 13.1 Å². The third kappa shape index (κ3) is 4.10. The number of β-amino-alcohol motifs (C(OH)–C–C–N with tert-alkyl or cyclic N) is 1. The minimum atomic E-state index is -0.931.